The molecule has 1 aromatic heterocycles. The van der Waals surface area contributed by atoms with E-state index in [0.717, 1.165) is 5.56 Å². The summed E-state index contributed by atoms with van der Waals surface area (Å²) in [6.45, 7) is 6.90. The standard InChI is InChI=1S/C47H35N/c1-47(2,3)40-26-37-19-21-41-43(32-16-13-31(14-17-32)39-12-7-23-48-29-39)28-44(42-22-20-38(27-40)45(37)46(41)42)36-11-6-10-34(25-36)35-18-15-30-8-4-5-9-33(30)24-35/h4-29H,1-3H3. The highest BCUT2D eigenvalue weighted by atomic mass is 14.6. The van der Waals surface area contributed by atoms with Gasteiger partial charge in [0, 0.05) is 12.4 Å². The molecular weight excluding hydrogens is 579 g/mol. The Bertz CT molecular complexity index is 2600. The zero-order valence-corrected chi connectivity index (χ0v) is 27.5. The first-order valence-corrected chi connectivity index (χ1v) is 16.8. The van der Waals surface area contributed by atoms with Gasteiger partial charge in [0.1, 0.15) is 0 Å². The Labute approximate surface area is 281 Å². The first-order chi connectivity index (χ1) is 23.4. The molecule has 0 aliphatic rings. The number of rotatable bonds is 4. The summed E-state index contributed by atoms with van der Waals surface area (Å²) in [4.78, 5) is 4.34. The molecule has 1 heteroatoms. The predicted octanol–water partition coefficient (Wildman–Crippen LogP) is 13.1. The van der Waals surface area contributed by atoms with E-state index in [-0.39, 0.29) is 5.41 Å². The van der Waals surface area contributed by atoms with Crippen LogP contribution in [-0.2, 0) is 5.41 Å². The lowest BCUT2D eigenvalue weighted by atomic mass is 9.81. The second kappa shape index (κ2) is 10.9. The third-order valence-corrected chi connectivity index (χ3v) is 10.0. The Morgan fingerprint density at radius 3 is 1.71 bits per heavy atom. The maximum atomic E-state index is 4.34. The molecule has 0 amide bonds. The van der Waals surface area contributed by atoms with E-state index in [1.807, 2.05) is 18.5 Å². The first-order valence-electron chi connectivity index (χ1n) is 16.8. The van der Waals surface area contributed by atoms with Gasteiger partial charge < -0.3 is 0 Å². The van der Waals surface area contributed by atoms with E-state index in [4.69, 9.17) is 0 Å². The van der Waals surface area contributed by atoms with Gasteiger partial charge >= 0.3 is 0 Å². The fourth-order valence-corrected chi connectivity index (χ4v) is 7.44. The zero-order valence-electron chi connectivity index (χ0n) is 27.5. The molecule has 0 atom stereocenters. The Morgan fingerprint density at radius 2 is 1.00 bits per heavy atom. The molecule has 0 fully saturated rings. The molecule has 228 valence electrons. The summed E-state index contributed by atoms with van der Waals surface area (Å²) in [6, 6.07) is 54.1. The molecule has 0 unspecified atom stereocenters. The lowest BCUT2D eigenvalue weighted by molar-refractivity contribution is 0.591. The van der Waals surface area contributed by atoms with Crippen LogP contribution < -0.4 is 0 Å². The number of benzene rings is 8. The SMILES string of the molecule is CC(C)(C)c1cc2ccc3c(-c4ccc(-c5cccnc5)cc4)cc(-c4cccc(-c5ccc6ccccc6c5)c4)c4ccc(c1)c2c34. The smallest absolute Gasteiger partial charge is 0.0346 e. The number of nitrogens with zero attached hydrogens (tertiary/aromatic N) is 1. The van der Waals surface area contributed by atoms with Crippen molar-refractivity contribution >= 4 is 43.1 Å². The van der Waals surface area contributed by atoms with Crippen molar-refractivity contribution in [1.29, 1.82) is 0 Å². The van der Waals surface area contributed by atoms with Crippen LogP contribution in [0.15, 0.2) is 158 Å². The van der Waals surface area contributed by atoms with Crippen molar-refractivity contribution < 1.29 is 0 Å². The van der Waals surface area contributed by atoms with Crippen molar-refractivity contribution in [2.75, 3.05) is 0 Å². The number of fused-ring (bicyclic) bond motifs is 1. The molecule has 1 heterocycles. The Kier molecular flexibility index (Phi) is 6.45. The van der Waals surface area contributed by atoms with Crippen molar-refractivity contribution in [2.24, 2.45) is 0 Å². The van der Waals surface area contributed by atoms with Crippen LogP contribution in [0.3, 0.4) is 0 Å². The minimum absolute atomic E-state index is 0.0694. The lowest BCUT2D eigenvalue weighted by Crippen LogP contribution is -2.10. The van der Waals surface area contributed by atoms with Gasteiger partial charge in [-0.1, -0.05) is 142 Å². The topological polar surface area (TPSA) is 12.9 Å². The van der Waals surface area contributed by atoms with E-state index in [0.29, 0.717) is 0 Å². The molecular formula is C47H35N. The van der Waals surface area contributed by atoms with Crippen molar-refractivity contribution in [3.63, 3.8) is 0 Å². The van der Waals surface area contributed by atoms with Crippen LogP contribution in [0.5, 0.6) is 0 Å². The maximum absolute atomic E-state index is 4.34. The maximum Gasteiger partial charge on any atom is 0.0346 e. The van der Waals surface area contributed by atoms with Crippen LogP contribution in [0.1, 0.15) is 26.3 Å². The number of pyridine rings is 1. The van der Waals surface area contributed by atoms with E-state index in [1.165, 1.54) is 87.6 Å². The molecule has 0 saturated heterocycles. The van der Waals surface area contributed by atoms with E-state index in [9.17, 15) is 0 Å². The molecule has 8 aromatic carbocycles. The fourth-order valence-electron chi connectivity index (χ4n) is 7.44. The van der Waals surface area contributed by atoms with Gasteiger partial charge in [0.2, 0.25) is 0 Å². The second-order valence-corrected chi connectivity index (χ2v) is 14.1. The molecule has 0 spiro atoms. The van der Waals surface area contributed by atoms with E-state index in [2.05, 4.69) is 165 Å². The second-order valence-electron chi connectivity index (χ2n) is 14.1. The van der Waals surface area contributed by atoms with Crippen LogP contribution in [0.2, 0.25) is 0 Å². The Morgan fingerprint density at radius 1 is 0.396 bits per heavy atom. The summed E-state index contributed by atoms with van der Waals surface area (Å²) in [5.41, 5.74) is 11.1. The molecule has 9 aromatic rings. The summed E-state index contributed by atoms with van der Waals surface area (Å²) in [6.07, 6.45) is 3.75. The van der Waals surface area contributed by atoms with E-state index in [1.54, 1.807) is 0 Å². The number of hydrogen-bond acceptors (Lipinski definition) is 1. The Hall–Kier alpha value is -5.79. The normalized spacial score (nSPS) is 12.1. The zero-order chi connectivity index (χ0) is 32.4. The van der Waals surface area contributed by atoms with Gasteiger partial charge in [0.25, 0.3) is 0 Å². The Balaban J connectivity index is 1.29. The summed E-state index contributed by atoms with van der Waals surface area (Å²) < 4.78 is 0. The van der Waals surface area contributed by atoms with E-state index < -0.39 is 0 Å². The fraction of sp³-hybridized carbons (Fsp3) is 0.0851. The van der Waals surface area contributed by atoms with Crippen LogP contribution in [0.4, 0.5) is 0 Å². The third kappa shape index (κ3) is 4.74. The molecule has 0 saturated carbocycles. The molecule has 0 aliphatic carbocycles. The quantitative estimate of drug-likeness (QED) is 0.180. The number of hydrogen-bond donors (Lipinski definition) is 0. The first kappa shape index (κ1) is 28.4. The van der Waals surface area contributed by atoms with Gasteiger partial charge in [0.05, 0.1) is 0 Å². The average molecular weight is 614 g/mol. The van der Waals surface area contributed by atoms with Crippen molar-refractivity contribution in [3.8, 4) is 44.5 Å². The summed E-state index contributed by atoms with van der Waals surface area (Å²) in [5, 5.41) is 10.4. The molecule has 0 radical (unpaired) electrons. The molecule has 9 rings (SSSR count). The summed E-state index contributed by atoms with van der Waals surface area (Å²) in [7, 11) is 0. The van der Waals surface area contributed by atoms with Gasteiger partial charge in [-0.15, -0.1) is 0 Å². The van der Waals surface area contributed by atoms with Crippen molar-refractivity contribution in [3.05, 3.63) is 164 Å². The highest BCUT2D eigenvalue weighted by Gasteiger charge is 2.20. The summed E-state index contributed by atoms with van der Waals surface area (Å²) >= 11 is 0. The van der Waals surface area contributed by atoms with Gasteiger partial charge in [-0.3, -0.25) is 4.98 Å². The molecule has 48 heavy (non-hydrogen) atoms. The van der Waals surface area contributed by atoms with Gasteiger partial charge in [0.15, 0.2) is 0 Å². The van der Waals surface area contributed by atoms with Crippen LogP contribution in [0.25, 0.3) is 87.6 Å². The van der Waals surface area contributed by atoms with Gasteiger partial charge in [-0.25, -0.2) is 0 Å². The third-order valence-electron chi connectivity index (χ3n) is 10.0. The van der Waals surface area contributed by atoms with E-state index >= 15 is 0 Å². The predicted molar refractivity (Wildman–Crippen MR) is 206 cm³/mol. The van der Waals surface area contributed by atoms with Crippen LogP contribution in [0, 0.1) is 0 Å². The monoisotopic (exact) mass is 613 g/mol. The van der Waals surface area contributed by atoms with Crippen molar-refractivity contribution in [1.82, 2.24) is 4.98 Å². The molecule has 0 N–H and O–H groups in total. The lowest BCUT2D eigenvalue weighted by Gasteiger charge is -2.23. The van der Waals surface area contributed by atoms with Gasteiger partial charge in [-0.05, 0) is 123 Å². The van der Waals surface area contributed by atoms with Crippen LogP contribution in [-0.4, -0.2) is 4.98 Å². The molecule has 1 nitrogen and oxygen atoms in total. The molecule has 0 aliphatic heterocycles. The van der Waals surface area contributed by atoms with Crippen LogP contribution >= 0.6 is 0 Å². The van der Waals surface area contributed by atoms with Crippen molar-refractivity contribution in [2.45, 2.75) is 26.2 Å². The van der Waals surface area contributed by atoms with Gasteiger partial charge in [-0.2, -0.15) is 0 Å². The largest absolute Gasteiger partial charge is 0.264 e. The molecule has 0 bridgehead atoms. The minimum atomic E-state index is 0.0694. The summed E-state index contributed by atoms with van der Waals surface area (Å²) in [5.74, 6) is 0. The number of aromatic nitrogens is 1. The highest BCUT2D eigenvalue weighted by Crippen LogP contribution is 2.45. The minimum Gasteiger partial charge on any atom is -0.264 e. The highest BCUT2D eigenvalue weighted by molar-refractivity contribution is 6.28. The average Bonchev–Trinajstić information content (AvgIpc) is 3.13.